The van der Waals surface area contributed by atoms with Crippen LogP contribution in [0.3, 0.4) is 0 Å². The monoisotopic (exact) mass is 242 g/mol. The molecule has 1 fully saturated rings. The standard InChI is InChI=1S/C12H16ClFN2/c13-8-12(5-1-2-6-12)9-16-11-10(14)4-3-7-15-11/h3-4,7H,1-2,5-6,8-9H2,(H,15,16). The lowest BCUT2D eigenvalue weighted by Crippen LogP contribution is -2.29. The quantitative estimate of drug-likeness (QED) is 0.819. The first-order valence-electron chi connectivity index (χ1n) is 5.66. The van der Waals surface area contributed by atoms with Crippen molar-refractivity contribution in [2.24, 2.45) is 5.41 Å². The van der Waals surface area contributed by atoms with Gasteiger partial charge in [-0.2, -0.15) is 0 Å². The minimum atomic E-state index is -0.301. The van der Waals surface area contributed by atoms with Crippen molar-refractivity contribution in [3.8, 4) is 0 Å². The van der Waals surface area contributed by atoms with Crippen LogP contribution in [-0.2, 0) is 0 Å². The molecule has 0 aromatic carbocycles. The van der Waals surface area contributed by atoms with Gasteiger partial charge in [0.15, 0.2) is 11.6 Å². The zero-order chi connectivity index (χ0) is 11.4. The summed E-state index contributed by atoms with van der Waals surface area (Å²) in [6.45, 7) is 0.713. The molecule has 0 atom stereocenters. The Bertz CT molecular complexity index is 351. The van der Waals surface area contributed by atoms with Gasteiger partial charge in [-0.15, -0.1) is 11.6 Å². The van der Waals surface area contributed by atoms with E-state index < -0.39 is 0 Å². The predicted octanol–water partition coefficient (Wildman–Crippen LogP) is 3.43. The molecule has 2 rings (SSSR count). The Balaban J connectivity index is 1.98. The molecule has 1 aliphatic carbocycles. The third-order valence-electron chi connectivity index (χ3n) is 3.34. The van der Waals surface area contributed by atoms with Crippen molar-refractivity contribution in [3.05, 3.63) is 24.1 Å². The Morgan fingerprint density at radius 1 is 1.44 bits per heavy atom. The summed E-state index contributed by atoms with van der Waals surface area (Å²) < 4.78 is 13.3. The van der Waals surface area contributed by atoms with Crippen LogP contribution in [0.2, 0.25) is 0 Å². The molecule has 0 aliphatic heterocycles. The zero-order valence-electron chi connectivity index (χ0n) is 9.18. The summed E-state index contributed by atoms with van der Waals surface area (Å²) in [6.07, 6.45) is 6.28. The van der Waals surface area contributed by atoms with Crippen molar-refractivity contribution in [1.82, 2.24) is 4.98 Å². The van der Waals surface area contributed by atoms with Gasteiger partial charge in [0.2, 0.25) is 0 Å². The average molecular weight is 243 g/mol. The van der Waals surface area contributed by atoms with Crippen LogP contribution in [0.15, 0.2) is 18.3 Å². The van der Waals surface area contributed by atoms with Gasteiger partial charge >= 0.3 is 0 Å². The third-order valence-corrected chi connectivity index (χ3v) is 3.90. The van der Waals surface area contributed by atoms with Crippen molar-refractivity contribution in [2.45, 2.75) is 25.7 Å². The van der Waals surface area contributed by atoms with Gasteiger partial charge in [-0.25, -0.2) is 9.37 Å². The first kappa shape index (κ1) is 11.6. The van der Waals surface area contributed by atoms with Crippen LogP contribution >= 0.6 is 11.6 Å². The molecule has 1 N–H and O–H groups in total. The molecule has 1 aromatic heterocycles. The molecule has 4 heteroatoms. The minimum Gasteiger partial charge on any atom is -0.367 e. The topological polar surface area (TPSA) is 24.9 Å². The van der Waals surface area contributed by atoms with E-state index in [0.29, 0.717) is 18.2 Å². The van der Waals surface area contributed by atoms with Gasteiger partial charge in [0.25, 0.3) is 0 Å². The number of nitrogens with one attached hydrogen (secondary N) is 1. The molecule has 0 bridgehead atoms. The molecule has 1 aliphatic rings. The number of halogens is 2. The number of hydrogen-bond acceptors (Lipinski definition) is 2. The van der Waals surface area contributed by atoms with E-state index in [1.165, 1.54) is 18.9 Å². The molecule has 0 radical (unpaired) electrons. The van der Waals surface area contributed by atoms with Crippen LogP contribution < -0.4 is 5.32 Å². The Kier molecular flexibility index (Phi) is 3.64. The second kappa shape index (κ2) is 5.00. The summed E-state index contributed by atoms with van der Waals surface area (Å²) in [6, 6.07) is 3.00. The molecule has 88 valence electrons. The van der Waals surface area contributed by atoms with E-state index in [2.05, 4.69) is 10.3 Å². The summed E-state index contributed by atoms with van der Waals surface area (Å²) in [5.41, 5.74) is 0.130. The molecule has 2 nitrogen and oxygen atoms in total. The second-order valence-corrected chi connectivity index (χ2v) is 4.80. The largest absolute Gasteiger partial charge is 0.367 e. The lowest BCUT2D eigenvalue weighted by atomic mass is 9.88. The van der Waals surface area contributed by atoms with Crippen molar-refractivity contribution >= 4 is 17.4 Å². The van der Waals surface area contributed by atoms with Crippen LogP contribution in [0.1, 0.15) is 25.7 Å². The summed E-state index contributed by atoms with van der Waals surface area (Å²) in [7, 11) is 0. The van der Waals surface area contributed by atoms with Gasteiger partial charge in [0, 0.05) is 24.0 Å². The van der Waals surface area contributed by atoms with Crippen LogP contribution in [0.4, 0.5) is 10.2 Å². The van der Waals surface area contributed by atoms with Gasteiger partial charge in [-0.1, -0.05) is 12.8 Å². The highest BCUT2D eigenvalue weighted by molar-refractivity contribution is 6.18. The zero-order valence-corrected chi connectivity index (χ0v) is 9.93. The second-order valence-electron chi connectivity index (χ2n) is 4.53. The SMILES string of the molecule is Fc1cccnc1NCC1(CCl)CCCC1. The van der Waals surface area contributed by atoms with Crippen LogP contribution in [0, 0.1) is 11.2 Å². The molecule has 0 saturated heterocycles. The van der Waals surface area contributed by atoms with Crippen molar-refractivity contribution in [3.63, 3.8) is 0 Å². The number of pyridine rings is 1. The number of hydrogen-bond donors (Lipinski definition) is 1. The lowest BCUT2D eigenvalue weighted by molar-refractivity contribution is 0.367. The third kappa shape index (κ3) is 2.46. The van der Waals surface area contributed by atoms with E-state index in [1.54, 1.807) is 12.3 Å². The Hall–Kier alpha value is -0.830. The maximum atomic E-state index is 13.3. The molecular formula is C12H16ClFN2. The lowest BCUT2D eigenvalue weighted by Gasteiger charge is -2.26. The van der Waals surface area contributed by atoms with E-state index in [9.17, 15) is 4.39 Å². The normalized spacial score (nSPS) is 18.6. The van der Waals surface area contributed by atoms with Crippen molar-refractivity contribution in [2.75, 3.05) is 17.7 Å². The molecule has 1 saturated carbocycles. The van der Waals surface area contributed by atoms with Crippen LogP contribution in [0.5, 0.6) is 0 Å². The van der Waals surface area contributed by atoms with Crippen LogP contribution in [-0.4, -0.2) is 17.4 Å². The number of alkyl halides is 1. The van der Waals surface area contributed by atoms with Crippen molar-refractivity contribution < 1.29 is 4.39 Å². The average Bonchev–Trinajstić information content (AvgIpc) is 2.78. The Labute approximate surface area is 100 Å². The molecule has 16 heavy (non-hydrogen) atoms. The van der Waals surface area contributed by atoms with E-state index in [0.717, 1.165) is 12.8 Å². The summed E-state index contributed by atoms with van der Waals surface area (Å²) in [5, 5.41) is 3.08. The summed E-state index contributed by atoms with van der Waals surface area (Å²) >= 11 is 6.02. The van der Waals surface area contributed by atoms with E-state index in [1.807, 2.05) is 0 Å². The number of nitrogens with zero attached hydrogens (tertiary/aromatic N) is 1. The fourth-order valence-electron chi connectivity index (χ4n) is 2.27. The molecular weight excluding hydrogens is 227 g/mol. The van der Waals surface area contributed by atoms with E-state index in [-0.39, 0.29) is 11.2 Å². The van der Waals surface area contributed by atoms with E-state index >= 15 is 0 Å². The number of aromatic nitrogens is 1. The van der Waals surface area contributed by atoms with Gasteiger partial charge in [-0.05, 0) is 25.0 Å². The van der Waals surface area contributed by atoms with Gasteiger partial charge in [0.1, 0.15) is 0 Å². The molecule has 0 spiro atoms. The first-order valence-corrected chi connectivity index (χ1v) is 6.20. The first-order chi connectivity index (χ1) is 7.76. The smallest absolute Gasteiger partial charge is 0.165 e. The molecule has 1 aromatic rings. The highest BCUT2D eigenvalue weighted by atomic mass is 35.5. The molecule has 0 amide bonds. The van der Waals surface area contributed by atoms with Gasteiger partial charge in [-0.3, -0.25) is 0 Å². The van der Waals surface area contributed by atoms with Crippen LogP contribution in [0.25, 0.3) is 0 Å². The molecule has 0 unspecified atom stereocenters. The van der Waals surface area contributed by atoms with Gasteiger partial charge in [0.05, 0.1) is 0 Å². The predicted molar refractivity (Wildman–Crippen MR) is 64.3 cm³/mol. The Morgan fingerprint density at radius 3 is 2.81 bits per heavy atom. The minimum absolute atomic E-state index is 0.130. The van der Waals surface area contributed by atoms with E-state index in [4.69, 9.17) is 11.6 Å². The number of anilines is 1. The summed E-state index contributed by atoms with van der Waals surface area (Å²) in [5.74, 6) is 0.665. The maximum absolute atomic E-state index is 13.3. The summed E-state index contributed by atoms with van der Waals surface area (Å²) in [4.78, 5) is 3.98. The maximum Gasteiger partial charge on any atom is 0.165 e. The highest BCUT2D eigenvalue weighted by Gasteiger charge is 2.32. The van der Waals surface area contributed by atoms with Gasteiger partial charge < -0.3 is 5.32 Å². The number of rotatable bonds is 4. The highest BCUT2D eigenvalue weighted by Crippen LogP contribution is 2.39. The fourth-order valence-corrected chi connectivity index (χ4v) is 2.63. The molecule has 1 heterocycles. The fraction of sp³-hybridized carbons (Fsp3) is 0.583. The van der Waals surface area contributed by atoms with Crippen molar-refractivity contribution in [1.29, 1.82) is 0 Å². The Morgan fingerprint density at radius 2 is 2.19 bits per heavy atom.